The number of hydrogen-bond acceptors (Lipinski definition) is 4. The number of allylic oxidation sites excluding steroid dienone is 3. The normalized spacial score (nSPS) is 11.4. The van der Waals surface area contributed by atoms with E-state index in [0.29, 0.717) is 5.82 Å². The van der Waals surface area contributed by atoms with Crippen molar-refractivity contribution in [1.82, 2.24) is 25.9 Å². The molecule has 0 spiro atoms. The van der Waals surface area contributed by atoms with Gasteiger partial charge in [0.15, 0.2) is 5.82 Å². The van der Waals surface area contributed by atoms with Crippen molar-refractivity contribution in [3.8, 4) is 0 Å². The van der Waals surface area contributed by atoms with Gasteiger partial charge in [0.25, 0.3) is 0 Å². The molecule has 0 saturated heterocycles. The summed E-state index contributed by atoms with van der Waals surface area (Å²) in [6.45, 7) is 2.50. The van der Waals surface area contributed by atoms with E-state index in [-0.39, 0.29) is 12.5 Å². The highest BCUT2D eigenvalue weighted by molar-refractivity contribution is 5.87. The molecule has 1 aromatic heterocycles. The van der Waals surface area contributed by atoms with E-state index in [9.17, 15) is 4.79 Å². The third-order valence-electron chi connectivity index (χ3n) is 2.78. The summed E-state index contributed by atoms with van der Waals surface area (Å²) in [6, 6.07) is 0. The van der Waals surface area contributed by atoms with Crippen LogP contribution >= 0.6 is 0 Å². The van der Waals surface area contributed by atoms with E-state index in [4.69, 9.17) is 0 Å². The summed E-state index contributed by atoms with van der Waals surface area (Å²) < 4.78 is 0. The van der Waals surface area contributed by atoms with Gasteiger partial charge in [0.2, 0.25) is 5.91 Å². The highest BCUT2D eigenvalue weighted by atomic mass is 16.1. The number of aromatic amines is 1. The summed E-state index contributed by atoms with van der Waals surface area (Å²) in [5, 5.41) is 15.9. The maximum absolute atomic E-state index is 11.4. The van der Waals surface area contributed by atoms with Crippen LogP contribution < -0.4 is 5.32 Å². The average Bonchev–Trinajstić information content (AvgIpc) is 2.96. The zero-order chi connectivity index (χ0) is 14.5. The van der Waals surface area contributed by atoms with E-state index >= 15 is 0 Å². The van der Waals surface area contributed by atoms with Crippen molar-refractivity contribution >= 4 is 5.91 Å². The molecule has 0 unspecified atom stereocenters. The molecule has 0 aliphatic carbocycles. The van der Waals surface area contributed by atoms with Gasteiger partial charge in [-0.3, -0.25) is 4.79 Å². The molecule has 0 aliphatic rings. The lowest BCUT2D eigenvalue weighted by Crippen LogP contribution is -2.20. The molecule has 0 atom stereocenters. The number of nitrogens with one attached hydrogen (secondary N) is 2. The maximum atomic E-state index is 11.4. The van der Waals surface area contributed by atoms with Crippen molar-refractivity contribution in [2.24, 2.45) is 0 Å². The van der Waals surface area contributed by atoms with E-state index < -0.39 is 0 Å². The van der Waals surface area contributed by atoms with Crippen molar-refractivity contribution in [3.63, 3.8) is 0 Å². The molecular formula is C14H23N5O. The lowest BCUT2D eigenvalue weighted by Gasteiger charge is -1.96. The van der Waals surface area contributed by atoms with E-state index in [1.807, 2.05) is 6.08 Å². The highest BCUT2D eigenvalue weighted by Crippen LogP contribution is 2.05. The number of hydrogen-bond donors (Lipinski definition) is 2. The summed E-state index contributed by atoms with van der Waals surface area (Å²) in [7, 11) is 0. The van der Waals surface area contributed by atoms with Crippen LogP contribution in [0.1, 0.15) is 51.3 Å². The van der Waals surface area contributed by atoms with Gasteiger partial charge in [-0.15, -0.1) is 10.2 Å². The fourth-order valence-corrected chi connectivity index (χ4v) is 1.67. The number of carbonyl (C=O) groups excluding carboxylic acids is 1. The fourth-order valence-electron chi connectivity index (χ4n) is 1.67. The minimum Gasteiger partial charge on any atom is -0.345 e. The molecule has 1 aromatic rings. The van der Waals surface area contributed by atoms with Crippen molar-refractivity contribution in [2.45, 2.75) is 52.0 Å². The number of rotatable bonds is 10. The Morgan fingerprint density at radius 1 is 1.25 bits per heavy atom. The molecule has 0 saturated carbocycles. The van der Waals surface area contributed by atoms with Gasteiger partial charge in [0.05, 0.1) is 6.54 Å². The molecule has 6 heteroatoms. The predicted octanol–water partition coefficient (Wildman–Crippen LogP) is 2.29. The van der Waals surface area contributed by atoms with Crippen LogP contribution in [0.3, 0.4) is 0 Å². The second kappa shape index (κ2) is 10.9. The van der Waals surface area contributed by atoms with Gasteiger partial charge in [-0.25, -0.2) is 0 Å². The molecule has 2 N–H and O–H groups in total. The summed E-state index contributed by atoms with van der Waals surface area (Å²) in [5.41, 5.74) is 0. The van der Waals surface area contributed by atoms with Crippen LogP contribution in [0.25, 0.3) is 0 Å². The quantitative estimate of drug-likeness (QED) is 0.390. The number of nitrogens with zero attached hydrogens (tertiary/aromatic N) is 3. The number of unbranched alkanes of at least 4 members (excludes halogenated alkanes) is 5. The van der Waals surface area contributed by atoms with Gasteiger partial charge in [0.1, 0.15) is 0 Å². The zero-order valence-corrected chi connectivity index (χ0v) is 12.0. The van der Waals surface area contributed by atoms with Crippen LogP contribution in [-0.4, -0.2) is 26.5 Å². The minimum absolute atomic E-state index is 0.164. The van der Waals surface area contributed by atoms with Crippen molar-refractivity contribution in [2.75, 3.05) is 0 Å². The molecule has 110 valence electrons. The number of carbonyl (C=O) groups is 1. The average molecular weight is 277 g/mol. The molecule has 0 fully saturated rings. The van der Waals surface area contributed by atoms with Gasteiger partial charge >= 0.3 is 0 Å². The Hall–Kier alpha value is -1.98. The van der Waals surface area contributed by atoms with Gasteiger partial charge in [-0.2, -0.15) is 5.21 Å². The number of H-pyrrole nitrogens is 1. The molecule has 0 radical (unpaired) electrons. The Morgan fingerprint density at radius 2 is 2.10 bits per heavy atom. The summed E-state index contributed by atoms with van der Waals surface area (Å²) in [6.07, 6.45) is 14.7. The van der Waals surface area contributed by atoms with E-state index in [0.717, 1.165) is 6.42 Å². The lowest BCUT2D eigenvalue weighted by molar-refractivity contribution is -0.116. The van der Waals surface area contributed by atoms with Gasteiger partial charge in [-0.05, 0) is 12.8 Å². The SMILES string of the molecule is CCCCCCC/C=C/C=C/C(=O)NCc1nn[nH]n1. The molecule has 0 aromatic carbocycles. The lowest BCUT2D eigenvalue weighted by atomic mass is 10.1. The van der Waals surface area contributed by atoms with Crippen molar-refractivity contribution < 1.29 is 4.79 Å². The van der Waals surface area contributed by atoms with E-state index in [2.05, 4.69) is 38.9 Å². The molecule has 1 rings (SSSR count). The predicted molar refractivity (Wildman–Crippen MR) is 77.7 cm³/mol. The Bertz CT molecular complexity index is 411. The number of aromatic nitrogens is 4. The number of amides is 1. The first-order valence-electron chi connectivity index (χ1n) is 7.16. The Balaban J connectivity index is 2.03. The van der Waals surface area contributed by atoms with Gasteiger partial charge < -0.3 is 5.32 Å². The molecule has 6 nitrogen and oxygen atoms in total. The van der Waals surface area contributed by atoms with Crippen molar-refractivity contribution in [3.05, 3.63) is 30.1 Å². The monoisotopic (exact) mass is 277 g/mol. The molecular weight excluding hydrogens is 254 g/mol. The summed E-state index contributed by atoms with van der Waals surface area (Å²) >= 11 is 0. The summed E-state index contributed by atoms with van der Waals surface area (Å²) in [4.78, 5) is 11.4. The Labute approximate surface area is 119 Å². The third-order valence-corrected chi connectivity index (χ3v) is 2.78. The first kappa shape index (κ1) is 16.1. The second-order valence-corrected chi connectivity index (χ2v) is 4.54. The second-order valence-electron chi connectivity index (χ2n) is 4.54. The summed E-state index contributed by atoms with van der Waals surface area (Å²) in [5.74, 6) is 0.303. The number of tetrazole rings is 1. The molecule has 0 aliphatic heterocycles. The first-order valence-corrected chi connectivity index (χ1v) is 7.16. The third kappa shape index (κ3) is 8.18. The fraction of sp³-hybridized carbons (Fsp3) is 0.571. The van der Waals surface area contributed by atoms with Crippen LogP contribution in [0.5, 0.6) is 0 Å². The van der Waals surface area contributed by atoms with Crippen LogP contribution in [0, 0.1) is 0 Å². The highest BCUT2D eigenvalue weighted by Gasteiger charge is 1.99. The Morgan fingerprint density at radius 3 is 2.85 bits per heavy atom. The van der Waals surface area contributed by atoms with Gasteiger partial charge in [0, 0.05) is 6.08 Å². The van der Waals surface area contributed by atoms with Crippen LogP contribution in [-0.2, 0) is 11.3 Å². The van der Waals surface area contributed by atoms with Crippen LogP contribution in [0.4, 0.5) is 0 Å². The Kier molecular flexibility index (Phi) is 8.76. The molecule has 1 heterocycles. The maximum Gasteiger partial charge on any atom is 0.244 e. The molecule has 0 bridgehead atoms. The molecule has 1 amide bonds. The van der Waals surface area contributed by atoms with Gasteiger partial charge in [-0.1, -0.05) is 56.0 Å². The van der Waals surface area contributed by atoms with Crippen LogP contribution in [0.15, 0.2) is 24.3 Å². The first-order chi connectivity index (χ1) is 9.83. The minimum atomic E-state index is -0.164. The topological polar surface area (TPSA) is 83.6 Å². The van der Waals surface area contributed by atoms with E-state index in [1.54, 1.807) is 6.08 Å². The molecule has 20 heavy (non-hydrogen) atoms. The standard InChI is InChI=1S/C14H23N5O/c1-2-3-4-5-6-7-8-9-10-11-14(20)15-12-13-16-18-19-17-13/h8-11H,2-7,12H2,1H3,(H,15,20)(H,16,17,18,19)/b9-8+,11-10+. The van der Waals surface area contributed by atoms with E-state index in [1.165, 1.54) is 38.2 Å². The van der Waals surface area contributed by atoms with Crippen molar-refractivity contribution in [1.29, 1.82) is 0 Å². The smallest absolute Gasteiger partial charge is 0.244 e. The largest absolute Gasteiger partial charge is 0.345 e. The van der Waals surface area contributed by atoms with Crippen LogP contribution in [0.2, 0.25) is 0 Å². The zero-order valence-electron chi connectivity index (χ0n) is 12.0.